The van der Waals surface area contributed by atoms with Crippen LogP contribution in [-0.4, -0.2) is 5.16 Å². The minimum Gasteiger partial charge on any atom is -0.381 e. The van der Waals surface area contributed by atoms with Crippen LogP contribution >= 0.6 is 0 Å². The summed E-state index contributed by atoms with van der Waals surface area (Å²) in [6.45, 7) is 1.60. The molecule has 0 spiro atoms. The first-order valence-electron chi connectivity index (χ1n) is 4.26. The Morgan fingerprint density at radius 3 is 2.27 bits per heavy atom. The van der Waals surface area contributed by atoms with Gasteiger partial charge in [0.05, 0.1) is 5.56 Å². The molecule has 5 heteroatoms. The fourth-order valence-electron chi connectivity index (χ4n) is 1.34. The van der Waals surface area contributed by atoms with Crippen molar-refractivity contribution in [2.75, 3.05) is 5.73 Å². The minimum absolute atomic E-state index is 0.0116. The molecule has 0 unspecified atom stereocenters. The molecule has 0 bridgehead atoms. The summed E-state index contributed by atoms with van der Waals surface area (Å²) in [5.41, 5.74) is 5.55. The first-order valence-corrected chi connectivity index (χ1v) is 4.26. The SMILES string of the molecule is Cc1cc(F)c(-c2cc(N)no2)c(F)c1. The van der Waals surface area contributed by atoms with Crippen molar-refractivity contribution in [3.05, 3.63) is 35.4 Å². The van der Waals surface area contributed by atoms with Gasteiger partial charge in [0, 0.05) is 6.07 Å². The molecule has 0 radical (unpaired) electrons. The molecule has 0 saturated carbocycles. The third-order valence-corrected chi connectivity index (χ3v) is 1.96. The van der Waals surface area contributed by atoms with E-state index in [-0.39, 0.29) is 17.1 Å². The highest BCUT2D eigenvalue weighted by Gasteiger charge is 2.16. The van der Waals surface area contributed by atoms with Crippen LogP contribution in [0.25, 0.3) is 11.3 Å². The van der Waals surface area contributed by atoms with Crippen LogP contribution in [0.15, 0.2) is 22.7 Å². The van der Waals surface area contributed by atoms with E-state index in [1.54, 1.807) is 6.92 Å². The molecular weight excluding hydrogens is 202 g/mol. The van der Waals surface area contributed by atoms with E-state index in [2.05, 4.69) is 5.16 Å². The Morgan fingerprint density at radius 1 is 1.20 bits per heavy atom. The van der Waals surface area contributed by atoms with Crippen molar-refractivity contribution in [3.63, 3.8) is 0 Å². The second-order valence-electron chi connectivity index (χ2n) is 3.22. The number of aryl methyl sites for hydroxylation is 1. The van der Waals surface area contributed by atoms with E-state index in [1.807, 2.05) is 0 Å². The molecule has 1 aromatic heterocycles. The maximum absolute atomic E-state index is 13.4. The van der Waals surface area contributed by atoms with E-state index in [0.717, 1.165) is 0 Å². The minimum atomic E-state index is -0.691. The highest BCUT2D eigenvalue weighted by atomic mass is 19.1. The second kappa shape index (κ2) is 3.34. The topological polar surface area (TPSA) is 52.0 Å². The fourth-order valence-corrected chi connectivity index (χ4v) is 1.34. The molecule has 3 nitrogen and oxygen atoms in total. The highest BCUT2D eigenvalue weighted by Crippen LogP contribution is 2.28. The average molecular weight is 210 g/mol. The van der Waals surface area contributed by atoms with Crippen molar-refractivity contribution in [1.29, 1.82) is 0 Å². The number of halogens is 2. The Bertz CT molecular complexity index is 485. The second-order valence-corrected chi connectivity index (χ2v) is 3.22. The molecule has 0 aliphatic carbocycles. The fraction of sp³-hybridized carbons (Fsp3) is 0.100. The zero-order valence-corrected chi connectivity index (χ0v) is 7.92. The lowest BCUT2D eigenvalue weighted by Crippen LogP contribution is -1.90. The number of aromatic nitrogens is 1. The van der Waals surface area contributed by atoms with Gasteiger partial charge < -0.3 is 10.3 Å². The molecule has 1 heterocycles. The van der Waals surface area contributed by atoms with E-state index < -0.39 is 11.6 Å². The van der Waals surface area contributed by atoms with Crippen LogP contribution in [-0.2, 0) is 0 Å². The van der Waals surface area contributed by atoms with E-state index >= 15 is 0 Å². The molecule has 15 heavy (non-hydrogen) atoms. The van der Waals surface area contributed by atoms with Crippen LogP contribution in [0.2, 0.25) is 0 Å². The summed E-state index contributed by atoms with van der Waals surface area (Å²) >= 11 is 0. The number of nitrogens with two attached hydrogens (primary N) is 1. The molecule has 2 aromatic rings. The molecular formula is C10H8F2N2O. The van der Waals surface area contributed by atoms with Gasteiger partial charge in [-0.3, -0.25) is 0 Å². The lowest BCUT2D eigenvalue weighted by Gasteiger charge is -2.01. The summed E-state index contributed by atoms with van der Waals surface area (Å²) in [6, 6.07) is 3.71. The predicted octanol–water partition coefficient (Wildman–Crippen LogP) is 2.51. The van der Waals surface area contributed by atoms with E-state index in [4.69, 9.17) is 10.3 Å². The highest BCUT2D eigenvalue weighted by molar-refractivity contribution is 5.61. The normalized spacial score (nSPS) is 10.6. The van der Waals surface area contributed by atoms with Crippen molar-refractivity contribution in [3.8, 4) is 11.3 Å². The van der Waals surface area contributed by atoms with Crippen LogP contribution in [0, 0.1) is 18.6 Å². The Kier molecular flexibility index (Phi) is 2.15. The average Bonchev–Trinajstić information content (AvgIpc) is 2.49. The lowest BCUT2D eigenvalue weighted by atomic mass is 10.1. The summed E-state index contributed by atoms with van der Waals surface area (Å²) in [7, 11) is 0. The smallest absolute Gasteiger partial charge is 0.174 e. The summed E-state index contributed by atoms with van der Waals surface area (Å²) in [5.74, 6) is -1.31. The molecule has 1 aromatic carbocycles. The number of nitrogen functional groups attached to an aromatic ring is 1. The number of rotatable bonds is 1. The van der Waals surface area contributed by atoms with Gasteiger partial charge in [-0.15, -0.1) is 0 Å². The molecule has 2 N–H and O–H groups in total. The van der Waals surface area contributed by atoms with E-state index in [9.17, 15) is 8.78 Å². The van der Waals surface area contributed by atoms with Gasteiger partial charge in [0.2, 0.25) is 0 Å². The summed E-state index contributed by atoms with van der Waals surface area (Å²) in [4.78, 5) is 0. The molecule has 0 fully saturated rings. The quantitative estimate of drug-likeness (QED) is 0.786. The summed E-state index contributed by atoms with van der Waals surface area (Å²) in [5, 5.41) is 3.37. The number of hydrogen-bond donors (Lipinski definition) is 1. The van der Waals surface area contributed by atoms with Crippen LogP contribution in [0.5, 0.6) is 0 Å². The van der Waals surface area contributed by atoms with Crippen LogP contribution in [0.1, 0.15) is 5.56 Å². The van der Waals surface area contributed by atoms with Crippen LogP contribution in [0.3, 0.4) is 0 Å². The zero-order chi connectivity index (χ0) is 11.0. The van der Waals surface area contributed by atoms with Gasteiger partial charge in [-0.05, 0) is 24.6 Å². The van der Waals surface area contributed by atoms with Gasteiger partial charge >= 0.3 is 0 Å². The summed E-state index contributed by atoms with van der Waals surface area (Å²) < 4.78 is 31.6. The lowest BCUT2D eigenvalue weighted by molar-refractivity contribution is 0.430. The largest absolute Gasteiger partial charge is 0.381 e. The van der Waals surface area contributed by atoms with Crippen molar-refractivity contribution in [2.24, 2.45) is 0 Å². The van der Waals surface area contributed by atoms with Crippen molar-refractivity contribution < 1.29 is 13.3 Å². The van der Waals surface area contributed by atoms with Crippen LogP contribution < -0.4 is 5.73 Å². The van der Waals surface area contributed by atoms with Crippen molar-refractivity contribution >= 4 is 5.82 Å². The Balaban J connectivity index is 2.62. The van der Waals surface area contributed by atoms with Gasteiger partial charge in [0.1, 0.15) is 11.6 Å². The van der Waals surface area contributed by atoms with Crippen molar-refractivity contribution in [2.45, 2.75) is 6.92 Å². The Morgan fingerprint density at radius 2 is 1.80 bits per heavy atom. The molecule has 2 rings (SSSR count). The van der Waals surface area contributed by atoms with Gasteiger partial charge in [0.15, 0.2) is 11.6 Å². The molecule has 78 valence electrons. The molecule has 0 aliphatic heterocycles. The van der Waals surface area contributed by atoms with Crippen LogP contribution in [0.4, 0.5) is 14.6 Å². The number of anilines is 1. The van der Waals surface area contributed by atoms with Gasteiger partial charge in [-0.1, -0.05) is 5.16 Å². The molecule has 0 saturated heterocycles. The van der Waals surface area contributed by atoms with E-state index in [0.29, 0.717) is 5.56 Å². The first kappa shape index (κ1) is 9.64. The molecule has 0 atom stereocenters. The standard InChI is InChI=1S/C10H8F2N2O/c1-5-2-6(11)10(7(12)3-5)8-4-9(13)14-15-8/h2-4H,1H3,(H2,13,14). The monoisotopic (exact) mass is 210 g/mol. The molecule has 0 aliphatic rings. The van der Waals surface area contributed by atoms with Gasteiger partial charge in [-0.25, -0.2) is 8.78 Å². The van der Waals surface area contributed by atoms with Gasteiger partial charge in [0.25, 0.3) is 0 Å². The first-order chi connectivity index (χ1) is 7.08. The number of hydrogen-bond acceptors (Lipinski definition) is 3. The Hall–Kier alpha value is -1.91. The summed E-state index contributed by atoms with van der Waals surface area (Å²) in [6.07, 6.45) is 0. The zero-order valence-electron chi connectivity index (χ0n) is 7.92. The van der Waals surface area contributed by atoms with Gasteiger partial charge in [-0.2, -0.15) is 0 Å². The third-order valence-electron chi connectivity index (χ3n) is 1.96. The maximum atomic E-state index is 13.4. The Labute approximate surface area is 84.5 Å². The predicted molar refractivity (Wildman–Crippen MR) is 51.0 cm³/mol. The number of benzene rings is 1. The van der Waals surface area contributed by atoms with E-state index in [1.165, 1.54) is 18.2 Å². The van der Waals surface area contributed by atoms with Crippen molar-refractivity contribution in [1.82, 2.24) is 5.16 Å². The maximum Gasteiger partial charge on any atom is 0.174 e. The molecule has 0 amide bonds. The third kappa shape index (κ3) is 1.68. The number of nitrogens with zero attached hydrogens (tertiary/aromatic N) is 1.